The predicted octanol–water partition coefficient (Wildman–Crippen LogP) is 10.6. The zero-order chi connectivity index (χ0) is 58.5. The highest BCUT2D eigenvalue weighted by Gasteiger charge is 1.98. The van der Waals surface area contributed by atoms with E-state index < -0.39 is 0 Å². The van der Waals surface area contributed by atoms with Crippen LogP contribution in [-0.2, 0) is 47.5 Å². The minimum Gasteiger partial charge on any atom is -0.508 e. The topological polar surface area (TPSA) is 208 Å². The lowest BCUT2D eigenvalue weighted by Gasteiger charge is -2.07. The van der Waals surface area contributed by atoms with Crippen molar-refractivity contribution in [3.05, 3.63) is 119 Å². The van der Waals surface area contributed by atoms with Crippen LogP contribution in [0.3, 0.4) is 0 Å². The lowest BCUT2D eigenvalue weighted by atomic mass is 10.2. The number of ether oxygens (including phenoxy) is 11. The molecule has 0 aliphatic heterocycles. The summed E-state index contributed by atoms with van der Waals surface area (Å²) < 4.78 is 58.7. The van der Waals surface area contributed by atoms with Gasteiger partial charge in [0.15, 0.2) is 10.2 Å². The van der Waals surface area contributed by atoms with Gasteiger partial charge in [0.05, 0.1) is 106 Å². The first-order chi connectivity index (χ1) is 37.8. The molecule has 4 rings (SSSR count). The molecule has 0 amide bonds. The molecule has 78 heavy (non-hydrogen) atoms. The number of nitrogens with two attached hydrogens (primary N) is 2. The van der Waals surface area contributed by atoms with Crippen LogP contribution in [0.2, 0.25) is 0 Å². The van der Waals surface area contributed by atoms with E-state index in [0.29, 0.717) is 117 Å². The Morgan fingerprint density at radius 3 is 0.897 bits per heavy atom. The van der Waals surface area contributed by atoms with E-state index >= 15 is 0 Å². The highest BCUT2D eigenvalue weighted by atomic mass is 79.9. The Balaban J connectivity index is -0.000000902. The van der Waals surface area contributed by atoms with Gasteiger partial charge in [0.1, 0.15) is 42.8 Å². The molecule has 0 atom stereocenters. The molecule has 16 nitrogen and oxygen atoms in total. The lowest BCUT2D eigenvalue weighted by molar-refractivity contribution is -0.109. The minimum atomic E-state index is -0.139. The van der Waals surface area contributed by atoms with Crippen molar-refractivity contribution in [3.63, 3.8) is 0 Å². The van der Waals surface area contributed by atoms with E-state index in [0.717, 1.165) is 58.8 Å². The van der Waals surface area contributed by atoms with Crippen molar-refractivity contribution < 1.29 is 66.8 Å². The van der Waals surface area contributed by atoms with Crippen LogP contribution in [-0.4, -0.2) is 168 Å². The van der Waals surface area contributed by atoms with Crippen LogP contribution in [0, 0.1) is 27.7 Å². The average molecular weight is 1350 g/mol. The molecule has 5 N–H and O–H groups in total. The molecule has 0 unspecified atom stereocenters. The third-order valence-corrected chi connectivity index (χ3v) is 10.4. The number of carbonyl (C=O) groups is 2. The number of thioether (sulfide) groups is 1. The van der Waals surface area contributed by atoms with Gasteiger partial charge < -0.3 is 57.2 Å². The molecule has 0 aliphatic rings. The fourth-order valence-electron chi connectivity index (χ4n) is 4.86. The molecule has 22 heteroatoms. The van der Waals surface area contributed by atoms with E-state index in [1.807, 2.05) is 98.8 Å². The third kappa shape index (κ3) is 64.3. The first-order valence-electron chi connectivity index (χ1n) is 25.2. The highest BCUT2D eigenvalue weighted by molar-refractivity contribution is 9.09. The van der Waals surface area contributed by atoms with Gasteiger partial charge >= 0.3 is 0 Å². The minimum absolute atomic E-state index is 0.123. The van der Waals surface area contributed by atoms with E-state index in [-0.39, 0.29) is 10.2 Å². The maximum atomic E-state index is 10.7. The third-order valence-electron chi connectivity index (χ3n) is 8.51. The van der Waals surface area contributed by atoms with E-state index in [1.165, 1.54) is 40.9 Å². The molecule has 446 valence electrons. The standard InChI is InChI=1S/C15H22O4S.C13H19BrO3.C13H20O3S.C7H8O.C6H12Br2O2.C2H4OS.H4N2/c1-13-3-5-15(6-4-13)19-10-9-17-7-8-18-11-12-20-14(2)16;1-12-2-4-13(5-3-12)17-11-10-16-9-8-15-7-6-14;1-12-2-4-13(5-3-12)16-9-8-14-6-7-15-10-11-17;1-6-2-4-7(8)5-3-6;7-1-3-9-5-6-10-4-2-8;1-2(3)4;1-2/h3-6H,7-12H2,1-2H3;2-5H,6-11H2,1H3;2-5,17H,6-11H2,1H3;2-5,8H,1H3;1-6H2;1H3,(H,3,4);1-2H2. The van der Waals surface area contributed by atoms with Gasteiger partial charge in [-0.25, -0.2) is 0 Å². The van der Waals surface area contributed by atoms with Crippen LogP contribution in [0.4, 0.5) is 0 Å². The van der Waals surface area contributed by atoms with Crippen molar-refractivity contribution in [2.45, 2.75) is 41.5 Å². The summed E-state index contributed by atoms with van der Waals surface area (Å²) in [6, 6.07) is 31.0. The summed E-state index contributed by atoms with van der Waals surface area (Å²) in [6.45, 7) is 22.9. The molecular formula is C56H89Br3N2O14S3. The Kier molecular flexibility index (Phi) is 65.1. The molecule has 0 heterocycles. The summed E-state index contributed by atoms with van der Waals surface area (Å²) in [5, 5.41) is 11.4. The lowest BCUT2D eigenvalue weighted by Crippen LogP contribution is -2.11. The number of carbonyl (C=O) groups excluding carboxylic acids is 2. The van der Waals surface area contributed by atoms with E-state index in [9.17, 15) is 9.59 Å². The number of thiol groups is 2. The number of halogens is 3. The summed E-state index contributed by atoms with van der Waals surface area (Å²) in [6.07, 6.45) is 0. The largest absolute Gasteiger partial charge is 0.508 e. The van der Waals surface area contributed by atoms with Crippen molar-refractivity contribution in [2.75, 3.05) is 153 Å². The maximum absolute atomic E-state index is 10.7. The Labute approximate surface area is 506 Å². The summed E-state index contributed by atoms with van der Waals surface area (Å²) in [4.78, 5) is 20.0. The highest BCUT2D eigenvalue weighted by Crippen LogP contribution is 2.13. The maximum Gasteiger partial charge on any atom is 0.185 e. The van der Waals surface area contributed by atoms with Crippen molar-refractivity contribution in [1.29, 1.82) is 0 Å². The second-order valence-electron chi connectivity index (χ2n) is 15.4. The first-order valence-corrected chi connectivity index (χ1v) is 30.6. The zero-order valence-corrected chi connectivity index (χ0v) is 53.9. The van der Waals surface area contributed by atoms with Gasteiger partial charge in [0.2, 0.25) is 0 Å². The van der Waals surface area contributed by atoms with Gasteiger partial charge in [-0.05, 0) is 76.2 Å². The van der Waals surface area contributed by atoms with Crippen LogP contribution in [0.25, 0.3) is 0 Å². The first kappa shape index (κ1) is 79.7. The van der Waals surface area contributed by atoms with Gasteiger partial charge in [-0.2, -0.15) is 12.6 Å². The Hall–Kier alpha value is -2.49. The number of hydrogen-bond donors (Lipinski definition) is 5. The van der Waals surface area contributed by atoms with Crippen LogP contribution in [0.5, 0.6) is 23.0 Å². The fraction of sp³-hybridized carbons (Fsp3) is 0.536. The quantitative estimate of drug-likeness (QED) is 0.00954. The SMILES string of the molecule is BrCCOCCOCCBr.CC(=O)S.CC(=O)SCCOCCOCCOc1ccc(C)cc1.Cc1ccc(O)cc1.Cc1ccc(OCCOCCOCCBr)cc1.Cc1ccc(OCCOCCOCCS)cc1.NN. The van der Waals surface area contributed by atoms with Crippen molar-refractivity contribution in [1.82, 2.24) is 0 Å². The predicted molar refractivity (Wildman–Crippen MR) is 336 cm³/mol. The number of alkyl halides is 3. The molecule has 0 aromatic heterocycles. The second-order valence-corrected chi connectivity index (χ2v) is 20.1. The van der Waals surface area contributed by atoms with E-state index in [1.54, 1.807) is 19.1 Å². The molecule has 0 radical (unpaired) electrons. The van der Waals surface area contributed by atoms with Crippen molar-refractivity contribution in [2.24, 2.45) is 11.7 Å². The Morgan fingerprint density at radius 1 is 0.423 bits per heavy atom. The summed E-state index contributed by atoms with van der Waals surface area (Å²) in [7, 11) is 0. The summed E-state index contributed by atoms with van der Waals surface area (Å²) in [5.74, 6) is 12.4. The number of benzene rings is 4. The molecule has 0 fully saturated rings. The number of hydrogen-bond acceptors (Lipinski definition) is 18. The van der Waals surface area contributed by atoms with Gasteiger partial charge in [-0.1, -0.05) is 130 Å². The van der Waals surface area contributed by atoms with Crippen molar-refractivity contribution in [3.8, 4) is 23.0 Å². The molecular weight excluding hydrogens is 1260 g/mol. The number of phenolic OH excluding ortho intramolecular Hbond substituents is 1. The normalized spacial score (nSPS) is 9.91. The second kappa shape index (κ2) is 63.7. The molecule has 0 spiro atoms. The van der Waals surface area contributed by atoms with Crippen LogP contribution in [0.15, 0.2) is 97.1 Å². The molecule has 0 bridgehead atoms. The van der Waals surface area contributed by atoms with E-state index in [2.05, 4.69) is 98.6 Å². The van der Waals surface area contributed by atoms with Gasteiger partial charge in [0.25, 0.3) is 0 Å². The van der Waals surface area contributed by atoms with Gasteiger partial charge in [0, 0.05) is 41.3 Å². The number of phenols is 1. The van der Waals surface area contributed by atoms with Crippen LogP contribution < -0.4 is 25.9 Å². The number of aryl methyl sites for hydroxylation is 4. The number of rotatable bonds is 35. The Morgan fingerprint density at radius 2 is 0.654 bits per heavy atom. The van der Waals surface area contributed by atoms with Gasteiger partial charge in [-0.3, -0.25) is 21.3 Å². The average Bonchev–Trinajstić information content (AvgIpc) is 3.43. The van der Waals surface area contributed by atoms with Gasteiger partial charge in [-0.15, -0.1) is 12.6 Å². The van der Waals surface area contributed by atoms with E-state index in [4.69, 9.17) is 57.2 Å². The Bertz CT molecular complexity index is 1770. The smallest absolute Gasteiger partial charge is 0.185 e. The number of hydrazine groups is 1. The van der Waals surface area contributed by atoms with Crippen molar-refractivity contribution >= 4 is 95.0 Å². The molecule has 4 aromatic carbocycles. The molecule has 4 aromatic rings. The van der Waals surface area contributed by atoms with Crippen LogP contribution >= 0.6 is 84.8 Å². The summed E-state index contributed by atoms with van der Waals surface area (Å²) >= 11 is 18.5. The van der Waals surface area contributed by atoms with Crippen LogP contribution in [0.1, 0.15) is 36.1 Å². The number of aromatic hydroxyl groups is 1. The monoisotopic (exact) mass is 1350 g/mol. The molecule has 0 saturated carbocycles. The molecule has 0 aliphatic carbocycles. The zero-order valence-electron chi connectivity index (χ0n) is 46.6. The molecule has 0 saturated heterocycles. The summed E-state index contributed by atoms with van der Waals surface area (Å²) in [5.41, 5.74) is 4.85. The fourth-order valence-corrected chi connectivity index (χ4v) is 6.17.